The second-order valence-electron chi connectivity index (χ2n) is 4.71. The smallest absolute Gasteiger partial charge is 0.130 e. The molecule has 5 nitrogen and oxygen atoms in total. The lowest BCUT2D eigenvalue weighted by Gasteiger charge is -2.11. The number of nitrogens with zero attached hydrogens (tertiary/aromatic N) is 3. The van der Waals surface area contributed by atoms with Crippen molar-refractivity contribution in [1.82, 2.24) is 9.78 Å². The molecule has 1 N–H and O–H groups in total. The summed E-state index contributed by atoms with van der Waals surface area (Å²) in [4.78, 5) is 0. The second-order valence-corrected chi connectivity index (χ2v) is 4.71. The fraction of sp³-hybridized carbons (Fsp3) is 0.333. The second kappa shape index (κ2) is 6.39. The molecule has 0 saturated heterocycles. The molecule has 0 fully saturated rings. The van der Waals surface area contributed by atoms with Crippen LogP contribution in [0.2, 0.25) is 0 Å². The maximum Gasteiger partial charge on any atom is 0.130 e. The fourth-order valence-corrected chi connectivity index (χ4v) is 2.11. The van der Waals surface area contributed by atoms with E-state index in [1.54, 1.807) is 6.92 Å². The summed E-state index contributed by atoms with van der Waals surface area (Å²) in [6.45, 7) is 6.57. The molecular weight excluding hydrogens is 273 g/mol. The molecule has 0 saturated carbocycles. The first kappa shape index (κ1) is 15.0. The van der Waals surface area contributed by atoms with Crippen LogP contribution >= 0.6 is 0 Å². The minimum atomic E-state index is -0.408. The highest BCUT2D eigenvalue weighted by atomic mass is 19.1. The summed E-state index contributed by atoms with van der Waals surface area (Å²) in [5, 5.41) is 16.3. The van der Waals surface area contributed by atoms with Crippen molar-refractivity contribution in [3.8, 4) is 5.75 Å². The van der Waals surface area contributed by atoms with E-state index in [9.17, 15) is 4.39 Å². The number of hydrogen-bond donors (Lipinski definition) is 1. The van der Waals surface area contributed by atoms with Crippen LogP contribution in [-0.2, 0) is 13.2 Å². The van der Waals surface area contributed by atoms with Gasteiger partial charge in [-0.25, -0.2) is 4.39 Å². The first-order chi connectivity index (χ1) is 10.0. The van der Waals surface area contributed by atoms with Gasteiger partial charge in [-0.1, -0.05) is 5.16 Å². The van der Waals surface area contributed by atoms with Crippen LogP contribution in [0.4, 0.5) is 4.39 Å². The van der Waals surface area contributed by atoms with Gasteiger partial charge in [0.05, 0.1) is 17.1 Å². The van der Waals surface area contributed by atoms with Crippen LogP contribution in [0.25, 0.3) is 0 Å². The van der Waals surface area contributed by atoms with Crippen LogP contribution in [0.5, 0.6) is 5.75 Å². The maximum atomic E-state index is 13.3. The summed E-state index contributed by atoms with van der Waals surface area (Å²) >= 11 is 0. The molecule has 21 heavy (non-hydrogen) atoms. The third-order valence-corrected chi connectivity index (χ3v) is 3.14. The summed E-state index contributed by atoms with van der Waals surface area (Å²) in [6.07, 6.45) is 0. The van der Waals surface area contributed by atoms with E-state index in [1.807, 2.05) is 24.6 Å². The zero-order valence-electron chi connectivity index (χ0n) is 12.3. The van der Waals surface area contributed by atoms with Gasteiger partial charge in [0.15, 0.2) is 0 Å². The highest BCUT2D eigenvalue weighted by Gasteiger charge is 2.11. The summed E-state index contributed by atoms with van der Waals surface area (Å²) in [7, 11) is 0. The van der Waals surface area contributed by atoms with E-state index in [0.29, 0.717) is 23.6 Å². The molecule has 0 aliphatic heterocycles. The van der Waals surface area contributed by atoms with E-state index in [-0.39, 0.29) is 0 Å². The zero-order chi connectivity index (χ0) is 15.4. The van der Waals surface area contributed by atoms with Gasteiger partial charge < -0.3 is 9.94 Å². The topological polar surface area (TPSA) is 59.6 Å². The third-order valence-electron chi connectivity index (χ3n) is 3.14. The van der Waals surface area contributed by atoms with Crippen LogP contribution < -0.4 is 4.74 Å². The van der Waals surface area contributed by atoms with Gasteiger partial charge in [-0.15, -0.1) is 0 Å². The minimum absolute atomic E-state index is 0.296. The van der Waals surface area contributed by atoms with Crippen molar-refractivity contribution in [1.29, 1.82) is 0 Å². The Bertz CT molecular complexity index is 665. The number of oxime groups is 1. The summed E-state index contributed by atoms with van der Waals surface area (Å²) in [5.74, 6) is 0.0583. The average Bonchev–Trinajstić information content (AvgIpc) is 2.85. The molecule has 0 radical (unpaired) electrons. The Kier molecular flexibility index (Phi) is 4.57. The Labute approximate surface area is 122 Å². The van der Waals surface area contributed by atoms with Crippen molar-refractivity contribution in [3.63, 3.8) is 0 Å². The molecule has 0 unspecified atom stereocenters. The molecule has 2 rings (SSSR count). The molecular formula is C15H18FN3O2. The molecule has 6 heteroatoms. The van der Waals surface area contributed by atoms with Gasteiger partial charge in [0.25, 0.3) is 0 Å². The highest BCUT2D eigenvalue weighted by molar-refractivity contribution is 6.00. The normalized spacial score (nSPS) is 11.7. The molecule has 0 amide bonds. The molecule has 0 spiro atoms. The van der Waals surface area contributed by atoms with Gasteiger partial charge in [-0.05, 0) is 45.0 Å². The lowest BCUT2D eigenvalue weighted by Crippen LogP contribution is -2.08. The molecule has 2 aromatic rings. The standard InChI is InChI=1S/C15H18FN3O2/c1-4-19-13(7-10(2)17-19)9-21-15-6-5-12(16)8-14(15)11(3)18-20/h5-8,20H,4,9H2,1-3H3/b18-11+. The number of aryl methyl sites for hydroxylation is 2. The third kappa shape index (κ3) is 3.39. The molecule has 1 aromatic heterocycles. The Balaban J connectivity index is 2.23. The molecule has 0 atom stereocenters. The SMILES string of the molecule is CCn1nc(C)cc1COc1ccc(F)cc1/C(C)=N/O. The van der Waals surface area contributed by atoms with E-state index in [0.717, 1.165) is 17.9 Å². The van der Waals surface area contributed by atoms with Gasteiger partial charge in [0.2, 0.25) is 0 Å². The molecule has 112 valence electrons. The maximum absolute atomic E-state index is 13.3. The Hall–Kier alpha value is -2.37. The summed E-state index contributed by atoms with van der Waals surface area (Å²) < 4.78 is 20.9. The van der Waals surface area contributed by atoms with Crippen molar-refractivity contribution < 1.29 is 14.3 Å². The number of aromatic nitrogens is 2. The lowest BCUT2D eigenvalue weighted by atomic mass is 10.1. The largest absolute Gasteiger partial charge is 0.487 e. The average molecular weight is 291 g/mol. The zero-order valence-corrected chi connectivity index (χ0v) is 12.3. The van der Waals surface area contributed by atoms with Crippen molar-refractivity contribution in [3.05, 3.63) is 47.0 Å². The van der Waals surface area contributed by atoms with Crippen LogP contribution in [-0.4, -0.2) is 20.7 Å². The highest BCUT2D eigenvalue weighted by Crippen LogP contribution is 2.22. The van der Waals surface area contributed by atoms with Gasteiger partial charge >= 0.3 is 0 Å². The summed E-state index contributed by atoms with van der Waals surface area (Å²) in [5.41, 5.74) is 2.58. The van der Waals surface area contributed by atoms with Crippen LogP contribution in [0.3, 0.4) is 0 Å². The molecule has 0 aliphatic rings. The molecule has 1 aromatic carbocycles. The van der Waals surface area contributed by atoms with Gasteiger partial charge in [-0.3, -0.25) is 4.68 Å². The van der Waals surface area contributed by atoms with Gasteiger partial charge in [0, 0.05) is 12.1 Å². The summed E-state index contributed by atoms with van der Waals surface area (Å²) in [6, 6.07) is 6.07. The van der Waals surface area contributed by atoms with Gasteiger partial charge in [-0.2, -0.15) is 5.10 Å². The fourth-order valence-electron chi connectivity index (χ4n) is 2.11. The van der Waals surface area contributed by atoms with E-state index >= 15 is 0 Å². The minimum Gasteiger partial charge on any atom is -0.487 e. The van der Waals surface area contributed by atoms with Crippen molar-refractivity contribution in [2.24, 2.45) is 5.16 Å². The van der Waals surface area contributed by atoms with Crippen LogP contribution in [0, 0.1) is 12.7 Å². The first-order valence-corrected chi connectivity index (χ1v) is 6.69. The van der Waals surface area contributed by atoms with Crippen LogP contribution in [0.15, 0.2) is 29.4 Å². The quantitative estimate of drug-likeness (QED) is 0.523. The van der Waals surface area contributed by atoms with E-state index in [2.05, 4.69) is 10.3 Å². The predicted molar refractivity (Wildman–Crippen MR) is 77.4 cm³/mol. The number of hydrogen-bond acceptors (Lipinski definition) is 4. The van der Waals surface area contributed by atoms with Gasteiger partial charge in [0.1, 0.15) is 18.2 Å². The predicted octanol–water partition coefficient (Wildman–Crippen LogP) is 3.13. The van der Waals surface area contributed by atoms with E-state index in [4.69, 9.17) is 9.94 Å². The monoisotopic (exact) mass is 291 g/mol. The Morgan fingerprint density at radius 1 is 1.43 bits per heavy atom. The molecule has 1 heterocycles. The van der Waals surface area contributed by atoms with Crippen molar-refractivity contribution in [2.45, 2.75) is 33.9 Å². The lowest BCUT2D eigenvalue weighted by molar-refractivity contribution is 0.290. The van der Waals surface area contributed by atoms with Crippen molar-refractivity contribution in [2.75, 3.05) is 0 Å². The molecule has 0 bridgehead atoms. The van der Waals surface area contributed by atoms with E-state index < -0.39 is 5.82 Å². The number of benzene rings is 1. The number of ether oxygens (including phenoxy) is 1. The molecule has 0 aliphatic carbocycles. The Morgan fingerprint density at radius 2 is 2.19 bits per heavy atom. The Morgan fingerprint density at radius 3 is 2.86 bits per heavy atom. The number of rotatable bonds is 5. The number of halogens is 1. The van der Waals surface area contributed by atoms with Crippen molar-refractivity contribution >= 4 is 5.71 Å². The van der Waals surface area contributed by atoms with Crippen LogP contribution in [0.1, 0.15) is 30.8 Å². The first-order valence-electron chi connectivity index (χ1n) is 6.69. The van der Waals surface area contributed by atoms with E-state index in [1.165, 1.54) is 18.2 Å².